The Kier molecular flexibility index (Phi) is 6.22. The first-order chi connectivity index (χ1) is 8.19. The number of aryl methyl sites for hydroxylation is 1. The fraction of sp³-hybridized carbons (Fsp3) is 0.769. The van der Waals surface area contributed by atoms with Gasteiger partial charge in [-0.05, 0) is 45.6 Å². The van der Waals surface area contributed by atoms with Gasteiger partial charge in [0.1, 0.15) is 0 Å². The Labute approximate surface area is 105 Å². The second-order valence-corrected chi connectivity index (χ2v) is 4.44. The maximum absolute atomic E-state index is 4.19. The molecule has 0 aliphatic rings. The molecule has 1 rings (SSSR count). The summed E-state index contributed by atoms with van der Waals surface area (Å²) < 4.78 is 1.93. The van der Waals surface area contributed by atoms with Crippen molar-refractivity contribution in [2.75, 3.05) is 26.2 Å². The van der Waals surface area contributed by atoms with E-state index in [1.165, 1.54) is 18.7 Å². The van der Waals surface area contributed by atoms with E-state index in [4.69, 9.17) is 0 Å². The second kappa shape index (κ2) is 7.45. The van der Waals surface area contributed by atoms with Gasteiger partial charge in [0, 0.05) is 19.3 Å². The number of aromatic nitrogens is 2. The molecule has 0 spiro atoms. The summed E-state index contributed by atoms with van der Waals surface area (Å²) in [6.07, 6.45) is 3.05. The van der Waals surface area contributed by atoms with Crippen LogP contribution in [0.5, 0.6) is 0 Å². The molecule has 17 heavy (non-hydrogen) atoms. The summed E-state index contributed by atoms with van der Waals surface area (Å²) in [4.78, 5) is 2.45. The van der Waals surface area contributed by atoms with Crippen molar-refractivity contribution in [3.8, 4) is 0 Å². The van der Waals surface area contributed by atoms with E-state index < -0.39 is 0 Å². The van der Waals surface area contributed by atoms with Crippen LogP contribution < -0.4 is 5.32 Å². The summed E-state index contributed by atoms with van der Waals surface area (Å²) >= 11 is 0. The van der Waals surface area contributed by atoms with Crippen LogP contribution in [0.3, 0.4) is 0 Å². The van der Waals surface area contributed by atoms with E-state index in [0.717, 1.165) is 19.6 Å². The summed E-state index contributed by atoms with van der Waals surface area (Å²) in [7, 11) is 1.99. The van der Waals surface area contributed by atoms with E-state index >= 15 is 0 Å². The minimum atomic E-state index is 0.374. The zero-order chi connectivity index (χ0) is 12.7. The van der Waals surface area contributed by atoms with Crippen molar-refractivity contribution < 1.29 is 0 Å². The number of rotatable bonds is 8. The number of nitrogens with zero attached hydrogens (tertiary/aromatic N) is 3. The minimum Gasteiger partial charge on any atom is -0.309 e. The molecule has 0 fully saturated rings. The molecule has 1 unspecified atom stereocenters. The third-order valence-corrected chi connectivity index (χ3v) is 3.30. The molecule has 0 saturated heterocycles. The van der Waals surface area contributed by atoms with Gasteiger partial charge in [-0.25, -0.2) is 0 Å². The highest BCUT2D eigenvalue weighted by atomic mass is 15.3. The van der Waals surface area contributed by atoms with Crippen molar-refractivity contribution in [2.24, 2.45) is 7.05 Å². The molecule has 98 valence electrons. The lowest BCUT2D eigenvalue weighted by Crippen LogP contribution is -2.28. The van der Waals surface area contributed by atoms with Gasteiger partial charge in [-0.1, -0.05) is 13.8 Å². The highest BCUT2D eigenvalue weighted by Gasteiger charge is 2.08. The molecular formula is C13H26N4. The Morgan fingerprint density at radius 1 is 1.41 bits per heavy atom. The molecule has 0 saturated carbocycles. The zero-order valence-corrected chi connectivity index (χ0v) is 11.6. The highest BCUT2D eigenvalue weighted by molar-refractivity contribution is 5.04. The lowest BCUT2D eigenvalue weighted by atomic mass is 10.2. The van der Waals surface area contributed by atoms with Crippen molar-refractivity contribution in [2.45, 2.75) is 33.2 Å². The maximum atomic E-state index is 4.19. The largest absolute Gasteiger partial charge is 0.309 e. The van der Waals surface area contributed by atoms with Crippen molar-refractivity contribution in [1.82, 2.24) is 20.0 Å². The van der Waals surface area contributed by atoms with Crippen LogP contribution in [0.4, 0.5) is 0 Å². The Hall–Kier alpha value is -0.870. The van der Waals surface area contributed by atoms with Crippen LogP contribution in [0, 0.1) is 0 Å². The molecule has 4 heteroatoms. The van der Waals surface area contributed by atoms with Crippen molar-refractivity contribution in [3.05, 3.63) is 18.0 Å². The Morgan fingerprint density at radius 3 is 2.65 bits per heavy atom. The lowest BCUT2D eigenvalue weighted by molar-refractivity contribution is 0.296. The number of hydrogen-bond acceptors (Lipinski definition) is 3. The van der Waals surface area contributed by atoms with Gasteiger partial charge in [0.2, 0.25) is 0 Å². The normalized spacial score (nSPS) is 13.2. The predicted octanol–water partition coefficient (Wildman–Crippen LogP) is 1.80. The van der Waals surface area contributed by atoms with Crippen LogP contribution in [0.1, 0.15) is 38.9 Å². The number of nitrogens with one attached hydrogen (secondary N) is 1. The van der Waals surface area contributed by atoms with E-state index in [0.29, 0.717) is 6.04 Å². The van der Waals surface area contributed by atoms with Crippen LogP contribution in [0.25, 0.3) is 0 Å². The van der Waals surface area contributed by atoms with Crippen LogP contribution in [-0.2, 0) is 7.05 Å². The van der Waals surface area contributed by atoms with E-state index in [2.05, 4.69) is 42.2 Å². The van der Waals surface area contributed by atoms with Crippen LogP contribution in [0.2, 0.25) is 0 Å². The second-order valence-electron chi connectivity index (χ2n) is 4.44. The molecule has 1 heterocycles. The molecule has 4 nitrogen and oxygen atoms in total. The van der Waals surface area contributed by atoms with Gasteiger partial charge in [-0.2, -0.15) is 5.10 Å². The molecular weight excluding hydrogens is 212 g/mol. The van der Waals surface area contributed by atoms with Gasteiger partial charge in [0.05, 0.1) is 5.69 Å². The van der Waals surface area contributed by atoms with Crippen LogP contribution in [0.15, 0.2) is 12.3 Å². The van der Waals surface area contributed by atoms with Gasteiger partial charge in [0.15, 0.2) is 0 Å². The zero-order valence-electron chi connectivity index (χ0n) is 11.6. The highest BCUT2D eigenvalue weighted by Crippen LogP contribution is 2.09. The van der Waals surface area contributed by atoms with E-state index in [1.54, 1.807) is 0 Å². The summed E-state index contributed by atoms with van der Waals surface area (Å²) in [5.41, 5.74) is 1.24. The van der Waals surface area contributed by atoms with Crippen molar-refractivity contribution >= 4 is 0 Å². The van der Waals surface area contributed by atoms with Gasteiger partial charge in [-0.3, -0.25) is 4.68 Å². The Bertz CT molecular complexity index is 304. The third kappa shape index (κ3) is 4.48. The maximum Gasteiger partial charge on any atom is 0.0547 e. The monoisotopic (exact) mass is 238 g/mol. The first-order valence-electron chi connectivity index (χ1n) is 6.62. The molecule has 0 bridgehead atoms. The minimum absolute atomic E-state index is 0.374. The first-order valence-corrected chi connectivity index (χ1v) is 6.62. The van der Waals surface area contributed by atoms with Gasteiger partial charge in [0.25, 0.3) is 0 Å². The molecule has 1 aromatic heterocycles. The predicted molar refractivity (Wildman–Crippen MR) is 72.0 cm³/mol. The Balaban J connectivity index is 2.21. The first kappa shape index (κ1) is 14.2. The molecule has 1 N–H and O–H groups in total. The molecule has 0 radical (unpaired) electrons. The quantitative estimate of drug-likeness (QED) is 0.701. The standard InChI is InChI=1S/C13H26N4/c1-5-17(6-2)11-7-9-14-12(3)13-8-10-15-16(13)4/h8,10,12,14H,5-7,9,11H2,1-4H3. The van der Waals surface area contributed by atoms with Crippen molar-refractivity contribution in [1.29, 1.82) is 0 Å². The average Bonchev–Trinajstić information content (AvgIpc) is 2.75. The topological polar surface area (TPSA) is 33.1 Å². The van der Waals surface area contributed by atoms with E-state index in [1.807, 2.05) is 17.9 Å². The molecule has 1 atom stereocenters. The van der Waals surface area contributed by atoms with Gasteiger partial charge >= 0.3 is 0 Å². The fourth-order valence-electron chi connectivity index (χ4n) is 2.07. The average molecular weight is 238 g/mol. The summed E-state index contributed by atoms with van der Waals surface area (Å²) in [6, 6.07) is 2.45. The Morgan fingerprint density at radius 2 is 2.12 bits per heavy atom. The molecule has 1 aromatic rings. The molecule has 0 aliphatic carbocycles. The van der Waals surface area contributed by atoms with E-state index in [9.17, 15) is 0 Å². The lowest BCUT2D eigenvalue weighted by Gasteiger charge is -2.19. The summed E-state index contributed by atoms with van der Waals surface area (Å²) in [6.45, 7) is 11.2. The van der Waals surface area contributed by atoms with Crippen LogP contribution >= 0.6 is 0 Å². The molecule has 0 amide bonds. The summed E-state index contributed by atoms with van der Waals surface area (Å²) in [5, 5.41) is 7.73. The molecule has 0 aromatic carbocycles. The van der Waals surface area contributed by atoms with Gasteiger partial charge in [-0.15, -0.1) is 0 Å². The summed E-state index contributed by atoms with van der Waals surface area (Å²) in [5.74, 6) is 0. The van der Waals surface area contributed by atoms with Crippen LogP contribution in [-0.4, -0.2) is 40.9 Å². The number of hydrogen-bond donors (Lipinski definition) is 1. The van der Waals surface area contributed by atoms with Gasteiger partial charge < -0.3 is 10.2 Å². The third-order valence-electron chi connectivity index (χ3n) is 3.30. The SMILES string of the molecule is CCN(CC)CCCNC(C)c1ccnn1C. The fourth-order valence-corrected chi connectivity index (χ4v) is 2.07. The molecule has 0 aliphatic heterocycles. The smallest absolute Gasteiger partial charge is 0.0547 e. The van der Waals surface area contributed by atoms with E-state index in [-0.39, 0.29) is 0 Å². The van der Waals surface area contributed by atoms with Crippen molar-refractivity contribution in [3.63, 3.8) is 0 Å².